The van der Waals surface area contributed by atoms with E-state index < -0.39 is 0 Å². The number of halogens is 2. The predicted molar refractivity (Wildman–Crippen MR) is 102 cm³/mol. The highest BCUT2D eigenvalue weighted by atomic mass is 35.5. The van der Waals surface area contributed by atoms with Crippen LogP contribution in [0.4, 0.5) is 0 Å². The lowest BCUT2D eigenvalue weighted by Gasteiger charge is -2.05. The molecule has 0 amide bonds. The van der Waals surface area contributed by atoms with Gasteiger partial charge in [0.25, 0.3) is 0 Å². The topological polar surface area (TPSA) is 73.8 Å². The first-order valence-corrected chi connectivity index (χ1v) is 9.08. The smallest absolute Gasteiger partial charge is 0.210 e. The zero-order valence-corrected chi connectivity index (χ0v) is 15.6. The summed E-state index contributed by atoms with van der Waals surface area (Å²) in [5.74, 6) is 6.62. The average molecular weight is 393 g/mol. The maximum absolute atomic E-state index is 12.3. The zero-order valence-electron chi connectivity index (χ0n) is 13.2. The molecule has 0 aliphatic carbocycles. The first-order chi connectivity index (χ1) is 12.0. The van der Waals surface area contributed by atoms with Gasteiger partial charge < -0.3 is 5.84 Å². The SMILES string of the molecule is Cc1ccc(-c2nnc(SCC(=O)c3ccc(Cl)cc3Cl)n2N)cc1. The van der Waals surface area contributed by atoms with Gasteiger partial charge in [-0.15, -0.1) is 10.2 Å². The first-order valence-electron chi connectivity index (χ1n) is 7.34. The van der Waals surface area contributed by atoms with Crippen molar-refractivity contribution in [3.63, 3.8) is 0 Å². The molecule has 3 aromatic rings. The second-order valence-electron chi connectivity index (χ2n) is 5.38. The van der Waals surface area contributed by atoms with Crippen molar-refractivity contribution in [2.75, 3.05) is 11.6 Å². The van der Waals surface area contributed by atoms with Crippen LogP contribution in [0.25, 0.3) is 11.4 Å². The van der Waals surface area contributed by atoms with Crippen molar-refractivity contribution < 1.29 is 4.79 Å². The minimum Gasteiger partial charge on any atom is -0.335 e. The molecule has 0 unspecified atom stereocenters. The van der Waals surface area contributed by atoms with E-state index in [1.807, 2.05) is 31.2 Å². The van der Waals surface area contributed by atoms with Gasteiger partial charge in [0.05, 0.1) is 10.8 Å². The van der Waals surface area contributed by atoms with Crippen LogP contribution in [-0.4, -0.2) is 26.4 Å². The van der Waals surface area contributed by atoms with E-state index in [0.29, 0.717) is 26.6 Å². The first kappa shape index (κ1) is 17.8. The molecule has 128 valence electrons. The van der Waals surface area contributed by atoms with Gasteiger partial charge in [-0.3, -0.25) is 4.79 Å². The molecule has 2 aromatic carbocycles. The number of rotatable bonds is 5. The van der Waals surface area contributed by atoms with Crippen molar-refractivity contribution in [1.82, 2.24) is 14.9 Å². The molecule has 5 nitrogen and oxygen atoms in total. The van der Waals surface area contributed by atoms with E-state index in [9.17, 15) is 4.79 Å². The zero-order chi connectivity index (χ0) is 18.0. The number of aryl methyl sites for hydroxylation is 1. The summed E-state index contributed by atoms with van der Waals surface area (Å²) in [5, 5.41) is 9.43. The van der Waals surface area contributed by atoms with Crippen LogP contribution in [0.1, 0.15) is 15.9 Å². The molecule has 1 heterocycles. The summed E-state index contributed by atoms with van der Waals surface area (Å²) < 4.78 is 1.38. The van der Waals surface area contributed by atoms with Gasteiger partial charge in [0, 0.05) is 16.1 Å². The third-order valence-corrected chi connectivity index (χ3v) is 5.03. The molecule has 0 saturated carbocycles. The number of thioether (sulfide) groups is 1. The average Bonchev–Trinajstić information content (AvgIpc) is 2.94. The van der Waals surface area contributed by atoms with Crippen LogP contribution in [0.15, 0.2) is 47.6 Å². The number of hydrogen-bond acceptors (Lipinski definition) is 5. The maximum atomic E-state index is 12.3. The van der Waals surface area contributed by atoms with E-state index in [1.54, 1.807) is 18.2 Å². The second kappa shape index (κ2) is 7.47. The lowest BCUT2D eigenvalue weighted by molar-refractivity contribution is 0.102. The molecule has 0 aliphatic heterocycles. The summed E-state index contributed by atoms with van der Waals surface area (Å²) in [4.78, 5) is 12.3. The van der Waals surface area contributed by atoms with Crippen LogP contribution in [-0.2, 0) is 0 Å². The minimum absolute atomic E-state index is 0.133. The van der Waals surface area contributed by atoms with Gasteiger partial charge in [-0.1, -0.05) is 64.8 Å². The van der Waals surface area contributed by atoms with Crippen LogP contribution in [0, 0.1) is 6.92 Å². The quantitative estimate of drug-likeness (QED) is 0.399. The standard InChI is InChI=1S/C17H14Cl2N4OS/c1-10-2-4-11(5-3-10)16-21-22-17(23(16)20)25-9-15(24)13-7-6-12(18)8-14(13)19/h2-8H,9,20H2,1H3. The predicted octanol–water partition coefficient (Wildman–Crippen LogP) is 4.25. The Kier molecular flexibility index (Phi) is 5.32. The number of nitrogens with zero attached hydrogens (tertiary/aromatic N) is 3. The number of carbonyl (C=O) groups is 1. The minimum atomic E-state index is -0.133. The Morgan fingerprint density at radius 3 is 2.56 bits per heavy atom. The lowest BCUT2D eigenvalue weighted by Crippen LogP contribution is -2.12. The van der Waals surface area contributed by atoms with Crippen molar-refractivity contribution in [3.8, 4) is 11.4 Å². The Bertz CT molecular complexity index is 925. The molecular formula is C17H14Cl2N4OS. The lowest BCUT2D eigenvalue weighted by atomic mass is 10.1. The number of nitrogens with two attached hydrogens (primary N) is 1. The van der Waals surface area contributed by atoms with Crippen LogP contribution in [0.3, 0.4) is 0 Å². The Hall–Kier alpha value is -2.02. The summed E-state index contributed by atoms with van der Waals surface area (Å²) in [5.41, 5.74) is 2.42. The van der Waals surface area contributed by atoms with Crippen LogP contribution in [0.2, 0.25) is 10.0 Å². The summed E-state index contributed by atoms with van der Waals surface area (Å²) in [6.07, 6.45) is 0. The number of benzene rings is 2. The third-order valence-electron chi connectivity index (χ3n) is 3.54. The van der Waals surface area contributed by atoms with Gasteiger partial charge in [-0.05, 0) is 25.1 Å². The number of ketones is 1. The van der Waals surface area contributed by atoms with Gasteiger partial charge in [0.1, 0.15) is 0 Å². The number of Topliss-reactive ketones (excluding diaryl/α,β-unsaturated/α-hetero) is 1. The summed E-state index contributed by atoms with van der Waals surface area (Å²) in [6.45, 7) is 2.01. The fraction of sp³-hybridized carbons (Fsp3) is 0.118. The molecule has 0 saturated heterocycles. The van der Waals surface area contributed by atoms with E-state index in [1.165, 1.54) is 16.4 Å². The highest BCUT2D eigenvalue weighted by Crippen LogP contribution is 2.25. The number of carbonyl (C=O) groups excluding carboxylic acids is 1. The van der Waals surface area contributed by atoms with Gasteiger partial charge in [0.2, 0.25) is 5.16 Å². The van der Waals surface area contributed by atoms with E-state index >= 15 is 0 Å². The van der Waals surface area contributed by atoms with Gasteiger partial charge >= 0.3 is 0 Å². The van der Waals surface area contributed by atoms with Crippen molar-refractivity contribution in [3.05, 3.63) is 63.6 Å². The second-order valence-corrected chi connectivity index (χ2v) is 7.16. The molecule has 1 aromatic heterocycles. The number of aromatic nitrogens is 3. The Morgan fingerprint density at radius 1 is 1.16 bits per heavy atom. The molecule has 8 heteroatoms. The van der Waals surface area contributed by atoms with Crippen molar-refractivity contribution >= 4 is 40.7 Å². The molecule has 3 rings (SSSR count). The summed E-state index contributed by atoms with van der Waals surface area (Å²) in [6, 6.07) is 12.6. The van der Waals surface area contributed by atoms with E-state index in [-0.39, 0.29) is 11.5 Å². The van der Waals surface area contributed by atoms with Crippen LogP contribution >= 0.6 is 35.0 Å². The Labute approximate surface area is 159 Å². The molecule has 0 fully saturated rings. The van der Waals surface area contributed by atoms with Gasteiger partial charge in [-0.25, -0.2) is 4.68 Å². The highest BCUT2D eigenvalue weighted by Gasteiger charge is 2.16. The molecule has 0 aliphatic rings. The maximum Gasteiger partial charge on any atom is 0.210 e. The fourth-order valence-electron chi connectivity index (χ4n) is 2.20. The monoisotopic (exact) mass is 392 g/mol. The largest absolute Gasteiger partial charge is 0.335 e. The normalized spacial score (nSPS) is 10.8. The molecule has 2 N–H and O–H groups in total. The fourth-order valence-corrected chi connectivity index (χ4v) is 3.45. The molecular weight excluding hydrogens is 379 g/mol. The third kappa shape index (κ3) is 3.98. The van der Waals surface area contributed by atoms with E-state index in [4.69, 9.17) is 29.0 Å². The Morgan fingerprint density at radius 2 is 1.88 bits per heavy atom. The number of nitrogen functional groups attached to an aromatic ring is 1. The van der Waals surface area contributed by atoms with Gasteiger partial charge in [0.15, 0.2) is 11.6 Å². The molecule has 0 atom stereocenters. The molecule has 25 heavy (non-hydrogen) atoms. The highest BCUT2D eigenvalue weighted by molar-refractivity contribution is 7.99. The molecule has 0 bridgehead atoms. The Balaban J connectivity index is 1.74. The summed E-state index contributed by atoms with van der Waals surface area (Å²) >= 11 is 13.1. The molecule has 0 spiro atoms. The van der Waals surface area contributed by atoms with Crippen LogP contribution in [0.5, 0.6) is 0 Å². The summed E-state index contributed by atoms with van der Waals surface area (Å²) in [7, 11) is 0. The molecule has 0 radical (unpaired) electrons. The van der Waals surface area contributed by atoms with Crippen molar-refractivity contribution in [1.29, 1.82) is 0 Å². The van der Waals surface area contributed by atoms with E-state index in [2.05, 4.69) is 10.2 Å². The van der Waals surface area contributed by atoms with Crippen molar-refractivity contribution in [2.45, 2.75) is 12.1 Å². The van der Waals surface area contributed by atoms with Gasteiger partial charge in [-0.2, -0.15) is 0 Å². The van der Waals surface area contributed by atoms with Crippen LogP contribution < -0.4 is 5.84 Å². The van der Waals surface area contributed by atoms with Crippen molar-refractivity contribution in [2.24, 2.45) is 0 Å². The van der Waals surface area contributed by atoms with E-state index in [0.717, 1.165) is 11.1 Å². The number of hydrogen-bond donors (Lipinski definition) is 1.